The van der Waals surface area contributed by atoms with E-state index in [1.165, 1.54) is 6.07 Å². The zero-order chi connectivity index (χ0) is 18.0. The molecule has 1 atom stereocenters. The Hall–Kier alpha value is -2.03. The number of hydrogen-bond donors (Lipinski definition) is 2. The van der Waals surface area contributed by atoms with Gasteiger partial charge in [0.1, 0.15) is 11.9 Å². The molecule has 2 aromatic rings. The quantitative estimate of drug-likeness (QED) is 0.838. The highest BCUT2D eigenvalue weighted by Gasteiger charge is 2.37. The minimum absolute atomic E-state index is 0. The summed E-state index contributed by atoms with van der Waals surface area (Å²) in [6.07, 6.45) is 0.936. The maximum Gasteiger partial charge on any atom is 0.249 e. The molecule has 0 saturated carbocycles. The summed E-state index contributed by atoms with van der Waals surface area (Å²) < 4.78 is 23.9. The van der Waals surface area contributed by atoms with Gasteiger partial charge in [-0.05, 0) is 50.5 Å². The number of aryl methyl sites for hydroxylation is 1. The summed E-state index contributed by atoms with van der Waals surface area (Å²) in [6.45, 7) is 4.34. The SMILES string of the molecule is Cc1cc(-c2noc(C(C)NC(=O)C3(N)CCOCC3)n2)ccc1F.Cl. The first-order valence-electron chi connectivity index (χ1n) is 8.17. The van der Waals surface area contributed by atoms with Crippen molar-refractivity contribution in [3.05, 3.63) is 35.5 Å². The first-order chi connectivity index (χ1) is 11.9. The summed E-state index contributed by atoms with van der Waals surface area (Å²) in [5.74, 6) is 0.0483. The van der Waals surface area contributed by atoms with Gasteiger partial charge in [-0.1, -0.05) is 5.16 Å². The number of nitrogens with two attached hydrogens (primary N) is 1. The van der Waals surface area contributed by atoms with E-state index < -0.39 is 11.6 Å². The Labute approximate surface area is 156 Å². The molecule has 0 bridgehead atoms. The van der Waals surface area contributed by atoms with Gasteiger partial charge in [0.15, 0.2) is 0 Å². The van der Waals surface area contributed by atoms with Crippen molar-refractivity contribution in [2.75, 3.05) is 13.2 Å². The zero-order valence-corrected chi connectivity index (χ0v) is 15.4. The smallest absolute Gasteiger partial charge is 0.249 e. The third-order valence-electron chi connectivity index (χ3n) is 4.41. The van der Waals surface area contributed by atoms with Gasteiger partial charge in [-0.15, -0.1) is 12.4 Å². The number of ether oxygens (including phenoxy) is 1. The van der Waals surface area contributed by atoms with Crippen LogP contribution in [0.3, 0.4) is 0 Å². The Kier molecular flexibility index (Phi) is 6.33. The van der Waals surface area contributed by atoms with Crippen molar-refractivity contribution in [1.82, 2.24) is 15.5 Å². The van der Waals surface area contributed by atoms with Crippen LogP contribution in [-0.2, 0) is 9.53 Å². The van der Waals surface area contributed by atoms with Crippen molar-refractivity contribution in [3.8, 4) is 11.4 Å². The molecule has 0 radical (unpaired) electrons. The van der Waals surface area contributed by atoms with Gasteiger partial charge in [-0.3, -0.25) is 4.79 Å². The van der Waals surface area contributed by atoms with Crippen LogP contribution in [0.1, 0.15) is 37.3 Å². The van der Waals surface area contributed by atoms with Gasteiger partial charge in [-0.25, -0.2) is 4.39 Å². The van der Waals surface area contributed by atoms with Crippen LogP contribution in [0.25, 0.3) is 11.4 Å². The van der Waals surface area contributed by atoms with E-state index in [2.05, 4.69) is 15.5 Å². The predicted octanol–water partition coefficient (Wildman–Crippen LogP) is 2.29. The first-order valence-corrected chi connectivity index (χ1v) is 8.17. The molecule has 1 amide bonds. The van der Waals surface area contributed by atoms with E-state index in [-0.39, 0.29) is 30.0 Å². The van der Waals surface area contributed by atoms with Crippen LogP contribution in [0.15, 0.2) is 22.7 Å². The minimum Gasteiger partial charge on any atom is -0.381 e. The molecule has 7 nitrogen and oxygen atoms in total. The van der Waals surface area contributed by atoms with Crippen molar-refractivity contribution >= 4 is 18.3 Å². The van der Waals surface area contributed by atoms with Gasteiger partial charge in [0.25, 0.3) is 0 Å². The summed E-state index contributed by atoms with van der Waals surface area (Å²) in [4.78, 5) is 16.7. The summed E-state index contributed by atoms with van der Waals surface area (Å²) in [6, 6.07) is 4.09. The van der Waals surface area contributed by atoms with Crippen LogP contribution in [0.4, 0.5) is 4.39 Å². The number of rotatable bonds is 4. The van der Waals surface area contributed by atoms with Crippen LogP contribution in [0, 0.1) is 12.7 Å². The molecule has 1 aliphatic rings. The Bertz CT molecular complexity index is 777. The second-order valence-electron chi connectivity index (χ2n) is 6.38. The van der Waals surface area contributed by atoms with Crippen molar-refractivity contribution in [2.45, 2.75) is 38.3 Å². The van der Waals surface area contributed by atoms with E-state index in [1.54, 1.807) is 26.0 Å². The third kappa shape index (κ3) is 4.20. The molecule has 2 heterocycles. The van der Waals surface area contributed by atoms with Gasteiger partial charge in [0.05, 0.1) is 5.54 Å². The Morgan fingerprint density at radius 1 is 1.38 bits per heavy atom. The van der Waals surface area contributed by atoms with Crippen molar-refractivity contribution in [1.29, 1.82) is 0 Å². The maximum absolute atomic E-state index is 13.4. The molecule has 9 heteroatoms. The number of nitrogens with zero attached hydrogens (tertiary/aromatic N) is 2. The van der Waals surface area contributed by atoms with Gasteiger partial charge in [-0.2, -0.15) is 4.98 Å². The zero-order valence-electron chi connectivity index (χ0n) is 14.6. The lowest BCUT2D eigenvalue weighted by Crippen LogP contribution is -2.57. The Balaban J connectivity index is 0.00000243. The highest BCUT2D eigenvalue weighted by molar-refractivity contribution is 5.86. The molecule has 1 saturated heterocycles. The Morgan fingerprint density at radius 2 is 2.08 bits per heavy atom. The van der Waals surface area contributed by atoms with Gasteiger partial charge >= 0.3 is 0 Å². The molecule has 1 fully saturated rings. The minimum atomic E-state index is -0.941. The van der Waals surface area contributed by atoms with Crippen molar-refractivity contribution in [2.24, 2.45) is 5.73 Å². The molecule has 1 aliphatic heterocycles. The molecule has 0 spiro atoms. The second-order valence-corrected chi connectivity index (χ2v) is 6.38. The Morgan fingerprint density at radius 3 is 2.73 bits per heavy atom. The van der Waals surface area contributed by atoms with Crippen LogP contribution in [-0.4, -0.2) is 34.8 Å². The standard InChI is InChI=1S/C17H21FN4O3.ClH/c1-10-9-12(3-4-13(10)18)14-21-15(25-22-14)11(2)20-16(23)17(19)5-7-24-8-6-17;/h3-4,9,11H,5-8,19H2,1-2H3,(H,20,23);1H. The van der Waals surface area contributed by atoms with E-state index in [9.17, 15) is 9.18 Å². The molecule has 26 heavy (non-hydrogen) atoms. The van der Waals surface area contributed by atoms with Gasteiger partial charge < -0.3 is 20.3 Å². The fourth-order valence-electron chi connectivity index (χ4n) is 2.68. The van der Waals surface area contributed by atoms with E-state index >= 15 is 0 Å². The topological polar surface area (TPSA) is 103 Å². The van der Waals surface area contributed by atoms with Gasteiger partial charge in [0, 0.05) is 18.8 Å². The summed E-state index contributed by atoms with van der Waals surface area (Å²) >= 11 is 0. The number of halogens is 2. The van der Waals surface area contributed by atoms with Crippen molar-refractivity contribution in [3.63, 3.8) is 0 Å². The van der Waals surface area contributed by atoms with E-state index in [0.29, 0.717) is 43.0 Å². The number of carbonyl (C=O) groups is 1. The normalized spacial score (nSPS) is 17.2. The third-order valence-corrected chi connectivity index (χ3v) is 4.41. The number of amides is 1. The largest absolute Gasteiger partial charge is 0.381 e. The average molecular weight is 385 g/mol. The van der Waals surface area contributed by atoms with Crippen molar-refractivity contribution < 1.29 is 18.4 Å². The van der Waals surface area contributed by atoms with Gasteiger partial charge in [0.2, 0.25) is 17.6 Å². The molecule has 3 rings (SSSR count). The highest BCUT2D eigenvalue weighted by Crippen LogP contribution is 2.23. The highest BCUT2D eigenvalue weighted by atomic mass is 35.5. The number of benzene rings is 1. The lowest BCUT2D eigenvalue weighted by Gasteiger charge is -2.32. The summed E-state index contributed by atoms with van der Waals surface area (Å²) in [7, 11) is 0. The van der Waals surface area contributed by atoms with E-state index in [1.807, 2.05) is 0 Å². The first kappa shape index (κ1) is 20.3. The molecular formula is C17H22ClFN4O3. The number of carbonyl (C=O) groups excluding carboxylic acids is 1. The van der Waals surface area contributed by atoms with E-state index in [0.717, 1.165) is 0 Å². The molecule has 3 N–H and O–H groups in total. The van der Waals surface area contributed by atoms with E-state index in [4.69, 9.17) is 15.0 Å². The monoisotopic (exact) mass is 384 g/mol. The predicted molar refractivity (Wildman–Crippen MR) is 95.2 cm³/mol. The fraction of sp³-hybridized carbons (Fsp3) is 0.471. The lowest BCUT2D eigenvalue weighted by atomic mass is 9.90. The maximum atomic E-state index is 13.4. The number of aromatic nitrogens is 2. The molecule has 1 aromatic heterocycles. The number of nitrogens with one attached hydrogen (secondary N) is 1. The van der Waals surface area contributed by atoms with Crippen LogP contribution in [0.2, 0.25) is 0 Å². The molecular weight excluding hydrogens is 363 g/mol. The van der Waals surface area contributed by atoms with Crippen LogP contribution >= 0.6 is 12.4 Å². The van der Waals surface area contributed by atoms with Crippen LogP contribution < -0.4 is 11.1 Å². The summed E-state index contributed by atoms with van der Waals surface area (Å²) in [5.41, 5.74) is 6.36. The average Bonchev–Trinajstić information content (AvgIpc) is 3.08. The fourth-order valence-corrected chi connectivity index (χ4v) is 2.68. The molecule has 0 aliphatic carbocycles. The lowest BCUT2D eigenvalue weighted by molar-refractivity contribution is -0.130. The molecule has 1 unspecified atom stereocenters. The molecule has 142 valence electrons. The number of hydrogen-bond acceptors (Lipinski definition) is 6. The summed E-state index contributed by atoms with van der Waals surface area (Å²) in [5, 5.41) is 6.72. The second kappa shape index (κ2) is 8.11. The molecule has 1 aromatic carbocycles. The van der Waals surface area contributed by atoms with Crippen LogP contribution in [0.5, 0.6) is 0 Å².